The summed E-state index contributed by atoms with van der Waals surface area (Å²) in [6, 6.07) is 10.1. The number of nitrogens with zero attached hydrogens (tertiary/aromatic N) is 2. The maximum absolute atomic E-state index is 10.6. The van der Waals surface area contributed by atoms with Crippen LogP contribution in [0.25, 0.3) is 0 Å². The van der Waals surface area contributed by atoms with E-state index in [1.807, 2.05) is 0 Å². The average molecular weight is 399 g/mol. The van der Waals surface area contributed by atoms with Crippen LogP contribution < -0.4 is 9.47 Å². The fraction of sp³-hybridized carbons (Fsp3) is 0.0667. The molecule has 0 N–H and O–H groups in total. The van der Waals surface area contributed by atoms with Gasteiger partial charge in [-0.15, -0.1) is 0 Å². The minimum Gasteiger partial charge on any atom is -0.437 e. The number of rotatable bonds is 4. The number of methoxy groups -OCH3 is 1. The third kappa shape index (κ3) is 7.79. The maximum atomic E-state index is 10.6. The van der Waals surface area contributed by atoms with Crippen LogP contribution in [0.3, 0.4) is 0 Å². The molecule has 0 aliphatic rings. The first kappa shape index (κ1) is 21.3. The number of benzene rings is 2. The van der Waals surface area contributed by atoms with Crippen LogP contribution in [0.5, 0.6) is 11.5 Å². The monoisotopic (exact) mass is 398 g/mol. The molecule has 0 heterocycles. The molecule has 0 unspecified atom stereocenters. The Kier molecular flexibility index (Phi) is 8.13. The standard InChI is InChI=1S/C8H7NO5.C7H4ClNO4/c1-13-8(10)14-7-4-2-6(3-5-7)9(11)12;8-7(10)13-6-3-1-5(2-4-6)9(11)12/h2-5H,1H3;1-4H. The molecule has 27 heavy (non-hydrogen) atoms. The summed E-state index contributed by atoms with van der Waals surface area (Å²) >= 11 is 4.92. The second kappa shape index (κ2) is 10.3. The Morgan fingerprint density at radius 3 is 1.48 bits per heavy atom. The summed E-state index contributed by atoms with van der Waals surface area (Å²) in [6.07, 6.45) is -0.862. The van der Waals surface area contributed by atoms with Gasteiger partial charge < -0.3 is 14.2 Å². The Balaban J connectivity index is 0.000000271. The highest BCUT2D eigenvalue weighted by atomic mass is 35.5. The van der Waals surface area contributed by atoms with Crippen LogP contribution in [0.4, 0.5) is 21.0 Å². The lowest BCUT2D eigenvalue weighted by Gasteiger charge is -2.00. The van der Waals surface area contributed by atoms with Gasteiger partial charge in [0.05, 0.1) is 17.0 Å². The van der Waals surface area contributed by atoms with E-state index in [9.17, 15) is 29.8 Å². The van der Waals surface area contributed by atoms with Crippen LogP contribution in [-0.4, -0.2) is 28.5 Å². The lowest BCUT2D eigenvalue weighted by atomic mass is 10.3. The number of carbonyl (C=O) groups is 2. The van der Waals surface area contributed by atoms with Crippen molar-refractivity contribution in [1.29, 1.82) is 0 Å². The molecule has 11 nitrogen and oxygen atoms in total. The Labute approximate surface area is 156 Å². The third-order valence-corrected chi connectivity index (χ3v) is 2.74. The predicted octanol–water partition coefficient (Wildman–Crippen LogP) is 4.07. The fourth-order valence-electron chi connectivity index (χ4n) is 1.50. The molecule has 142 valence electrons. The Morgan fingerprint density at radius 1 is 0.815 bits per heavy atom. The largest absolute Gasteiger partial charge is 0.513 e. The average Bonchev–Trinajstić information content (AvgIpc) is 2.62. The SMILES string of the molecule is COC(=O)Oc1ccc([N+](=O)[O-])cc1.O=C(Cl)Oc1ccc([N+](=O)[O-])cc1. The van der Waals surface area contributed by atoms with E-state index in [4.69, 9.17) is 11.6 Å². The minimum absolute atomic E-state index is 0.0674. The number of halogens is 1. The minimum atomic E-state index is -0.978. The molecular formula is C15H11ClN2O9. The predicted molar refractivity (Wildman–Crippen MR) is 91.1 cm³/mol. The Morgan fingerprint density at radius 2 is 1.19 bits per heavy atom. The van der Waals surface area contributed by atoms with Gasteiger partial charge in [0.25, 0.3) is 11.4 Å². The quantitative estimate of drug-likeness (QED) is 0.244. The zero-order chi connectivity index (χ0) is 20.4. The summed E-state index contributed by atoms with van der Waals surface area (Å²) in [5, 5.41) is 20.5. The normalized spacial score (nSPS) is 9.26. The first-order valence-corrected chi connectivity index (χ1v) is 7.22. The van der Waals surface area contributed by atoms with Crippen molar-refractivity contribution in [3.05, 3.63) is 68.8 Å². The molecule has 0 amide bonds. The third-order valence-electron chi connectivity index (χ3n) is 2.66. The van der Waals surface area contributed by atoms with Gasteiger partial charge in [-0.05, 0) is 24.3 Å². The maximum Gasteiger partial charge on any atom is 0.513 e. The Bertz CT molecular complexity index is 822. The number of hydrogen-bond donors (Lipinski definition) is 0. The smallest absolute Gasteiger partial charge is 0.437 e. The van der Waals surface area contributed by atoms with Gasteiger partial charge in [0, 0.05) is 35.9 Å². The van der Waals surface area contributed by atoms with E-state index in [1.54, 1.807) is 0 Å². The zero-order valence-corrected chi connectivity index (χ0v) is 14.3. The Hall–Kier alpha value is -3.73. The topological polar surface area (TPSA) is 148 Å². The van der Waals surface area contributed by atoms with Crippen molar-refractivity contribution in [2.45, 2.75) is 0 Å². The van der Waals surface area contributed by atoms with Crippen molar-refractivity contribution in [1.82, 2.24) is 0 Å². The van der Waals surface area contributed by atoms with Gasteiger partial charge in [0.2, 0.25) is 0 Å². The van der Waals surface area contributed by atoms with Gasteiger partial charge in [0.1, 0.15) is 11.5 Å². The van der Waals surface area contributed by atoms with Crippen molar-refractivity contribution < 1.29 is 33.6 Å². The molecule has 0 saturated heterocycles. The number of hydrogen-bond acceptors (Lipinski definition) is 9. The summed E-state index contributed by atoms with van der Waals surface area (Å²) in [5.74, 6) is 0.369. The van der Waals surface area contributed by atoms with Gasteiger partial charge in [-0.3, -0.25) is 20.2 Å². The molecule has 0 atom stereocenters. The number of non-ortho nitro benzene ring substituents is 2. The van der Waals surface area contributed by atoms with Crippen LogP contribution in [0.2, 0.25) is 0 Å². The van der Waals surface area contributed by atoms with Crippen LogP contribution in [0.1, 0.15) is 0 Å². The molecule has 0 fully saturated rings. The van der Waals surface area contributed by atoms with Crippen LogP contribution >= 0.6 is 11.6 Å². The van der Waals surface area contributed by atoms with E-state index >= 15 is 0 Å². The molecule has 2 aromatic carbocycles. The van der Waals surface area contributed by atoms with E-state index < -0.39 is 21.4 Å². The van der Waals surface area contributed by atoms with Crippen LogP contribution in [-0.2, 0) is 4.74 Å². The van der Waals surface area contributed by atoms with Gasteiger partial charge in [0.15, 0.2) is 0 Å². The van der Waals surface area contributed by atoms with E-state index in [2.05, 4.69) is 14.2 Å². The van der Waals surface area contributed by atoms with Gasteiger partial charge in [-0.25, -0.2) is 9.59 Å². The van der Waals surface area contributed by atoms with E-state index in [1.165, 1.54) is 55.6 Å². The molecule has 0 saturated carbocycles. The summed E-state index contributed by atoms with van der Waals surface area (Å²) in [6.45, 7) is 0. The van der Waals surface area contributed by atoms with Gasteiger partial charge in [-0.1, -0.05) is 0 Å². The highest BCUT2D eigenvalue weighted by Crippen LogP contribution is 2.18. The molecular weight excluding hydrogens is 388 g/mol. The highest BCUT2D eigenvalue weighted by Gasteiger charge is 2.07. The fourth-order valence-corrected chi connectivity index (χ4v) is 1.59. The van der Waals surface area contributed by atoms with E-state index in [0.717, 1.165) is 0 Å². The van der Waals surface area contributed by atoms with Crippen LogP contribution in [0.15, 0.2) is 48.5 Å². The summed E-state index contributed by atoms with van der Waals surface area (Å²) < 4.78 is 13.3. The molecule has 2 aromatic rings. The molecule has 0 radical (unpaired) electrons. The molecule has 2 rings (SSSR count). The summed E-state index contributed by atoms with van der Waals surface area (Å²) in [7, 11) is 1.17. The zero-order valence-electron chi connectivity index (χ0n) is 13.6. The molecule has 0 aliphatic heterocycles. The van der Waals surface area contributed by atoms with Crippen molar-refractivity contribution in [2.24, 2.45) is 0 Å². The van der Waals surface area contributed by atoms with Crippen molar-refractivity contribution in [3.63, 3.8) is 0 Å². The lowest BCUT2D eigenvalue weighted by Crippen LogP contribution is -2.06. The van der Waals surface area contributed by atoms with Crippen molar-refractivity contribution in [2.75, 3.05) is 7.11 Å². The number of nitro groups is 2. The first-order valence-electron chi connectivity index (χ1n) is 6.85. The summed E-state index contributed by atoms with van der Waals surface area (Å²) in [4.78, 5) is 40.2. The number of nitro benzene ring substituents is 2. The molecule has 0 spiro atoms. The van der Waals surface area contributed by atoms with Crippen LogP contribution in [0, 0.1) is 20.2 Å². The number of carbonyl (C=O) groups excluding carboxylic acids is 2. The second-order valence-electron chi connectivity index (χ2n) is 4.40. The van der Waals surface area contributed by atoms with E-state index in [0.29, 0.717) is 0 Å². The molecule has 12 heteroatoms. The second-order valence-corrected chi connectivity index (χ2v) is 4.71. The molecule has 0 bridgehead atoms. The number of ether oxygens (including phenoxy) is 3. The molecule has 0 aromatic heterocycles. The summed E-state index contributed by atoms with van der Waals surface area (Å²) in [5.41, 5.74) is -1.12. The van der Waals surface area contributed by atoms with Crippen molar-refractivity contribution >= 4 is 34.6 Å². The van der Waals surface area contributed by atoms with Crippen molar-refractivity contribution in [3.8, 4) is 11.5 Å². The molecule has 0 aliphatic carbocycles. The van der Waals surface area contributed by atoms with E-state index in [-0.39, 0.29) is 22.9 Å². The highest BCUT2D eigenvalue weighted by molar-refractivity contribution is 6.61. The first-order chi connectivity index (χ1) is 12.7. The van der Waals surface area contributed by atoms with Gasteiger partial charge >= 0.3 is 11.6 Å². The lowest BCUT2D eigenvalue weighted by molar-refractivity contribution is -0.385. The van der Waals surface area contributed by atoms with Gasteiger partial charge in [-0.2, -0.15) is 0 Å².